The highest BCUT2D eigenvalue weighted by atomic mass is 16.2. The molecule has 0 atom stereocenters. The maximum absolute atomic E-state index is 13.0. The highest BCUT2D eigenvalue weighted by molar-refractivity contribution is 6.00. The Balaban J connectivity index is 1.20. The van der Waals surface area contributed by atoms with Crippen molar-refractivity contribution in [2.45, 2.75) is 32.7 Å². The average molecular weight is 508 g/mol. The van der Waals surface area contributed by atoms with Crippen LogP contribution >= 0.6 is 0 Å². The van der Waals surface area contributed by atoms with Crippen LogP contribution in [-0.4, -0.2) is 63.8 Å². The van der Waals surface area contributed by atoms with Gasteiger partial charge in [-0.05, 0) is 36.2 Å². The zero-order chi connectivity index (χ0) is 26.2. The summed E-state index contributed by atoms with van der Waals surface area (Å²) in [7, 11) is 2.16. The Bertz CT molecular complexity index is 1450. The molecule has 0 unspecified atom stereocenters. The third-order valence-corrected chi connectivity index (χ3v) is 7.51. The number of carbonyl (C=O) groups is 1. The van der Waals surface area contributed by atoms with Crippen LogP contribution in [0.25, 0.3) is 17.1 Å². The summed E-state index contributed by atoms with van der Waals surface area (Å²) < 4.78 is 1.92. The molecule has 38 heavy (non-hydrogen) atoms. The number of carbonyl (C=O) groups excluding carboxylic acids is 1. The third-order valence-electron chi connectivity index (χ3n) is 7.51. The van der Waals surface area contributed by atoms with Crippen molar-refractivity contribution in [2.75, 3.05) is 43.0 Å². The van der Waals surface area contributed by atoms with Gasteiger partial charge in [-0.15, -0.1) is 0 Å². The Morgan fingerprint density at radius 3 is 2.47 bits per heavy atom. The standard InChI is InChI=1S/C30H33N7O/c1-21(2)25-6-4-5-7-26(25)29-31-19-23-18-28(38)36(30(23)32-29)20-22-8-10-24(11-9-22)37-13-12-27(33-37)35-16-14-34(3)15-17-35/h4-13,19,21H,14-18,20H2,1-3H3. The van der Waals surface area contributed by atoms with Crippen LogP contribution in [0.15, 0.2) is 67.0 Å². The van der Waals surface area contributed by atoms with Crippen molar-refractivity contribution >= 4 is 17.5 Å². The van der Waals surface area contributed by atoms with Crippen LogP contribution in [-0.2, 0) is 17.8 Å². The minimum atomic E-state index is 0.0524. The van der Waals surface area contributed by atoms with Crippen molar-refractivity contribution in [3.8, 4) is 17.1 Å². The fraction of sp³-hybridized carbons (Fsp3) is 0.333. The van der Waals surface area contributed by atoms with E-state index in [1.807, 2.05) is 29.2 Å². The summed E-state index contributed by atoms with van der Waals surface area (Å²) in [5.74, 6) is 2.80. The van der Waals surface area contributed by atoms with Gasteiger partial charge in [0.2, 0.25) is 5.91 Å². The van der Waals surface area contributed by atoms with Crippen molar-refractivity contribution in [3.63, 3.8) is 0 Å². The monoisotopic (exact) mass is 507 g/mol. The first-order valence-corrected chi connectivity index (χ1v) is 13.3. The zero-order valence-electron chi connectivity index (χ0n) is 22.2. The zero-order valence-corrected chi connectivity index (χ0v) is 22.2. The predicted molar refractivity (Wildman–Crippen MR) is 150 cm³/mol. The van der Waals surface area contributed by atoms with Crippen molar-refractivity contribution in [2.24, 2.45) is 0 Å². The van der Waals surface area contributed by atoms with Gasteiger partial charge in [-0.1, -0.05) is 50.2 Å². The summed E-state index contributed by atoms with van der Waals surface area (Å²) in [6, 6.07) is 18.5. The van der Waals surface area contributed by atoms with Gasteiger partial charge in [0.1, 0.15) is 5.82 Å². The van der Waals surface area contributed by atoms with Gasteiger partial charge in [0.15, 0.2) is 11.6 Å². The summed E-state index contributed by atoms with van der Waals surface area (Å²) in [6.07, 6.45) is 4.16. The van der Waals surface area contributed by atoms with E-state index in [1.54, 1.807) is 4.90 Å². The highest BCUT2D eigenvalue weighted by Crippen LogP contribution is 2.32. The van der Waals surface area contributed by atoms with E-state index in [2.05, 4.69) is 78.1 Å². The topological polar surface area (TPSA) is 70.4 Å². The van der Waals surface area contributed by atoms with Gasteiger partial charge < -0.3 is 9.80 Å². The number of rotatable bonds is 6. The number of aromatic nitrogens is 4. The van der Waals surface area contributed by atoms with E-state index in [1.165, 1.54) is 5.56 Å². The Kier molecular flexibility index (Phi) is 6.41. The normalized spacial score (nSPS) is 15.9. The quantitative estimate of drug-likeness (QED) is 0.388. The number of hydrogen-bond donors (Lipinski definition) is 0. The van der Waals surface area contributed by atoms with E-state index in [0.717, 1.165) is 54.4 Å². The molecule has 0 aliphatic carbocycles. The number of piperazine rings is 1. The molecule has 194 valence electrons. The maximum atomic E-state index is 13.0. The first kappa shape index (κ1) is 24.3. The van der Waals surface area contributed by atoms with E-state index in [4.69, 9.17) is 10.1 Å². The molecule has 2 aliphatic heterocycles. The van der Waals surface area contributed by atoms with Gasteiger partial charge in [0.05, 0.1) is 18.7 Å². The van der Waals surface area contributed by atoms with Gasteiger partial charge in [-0.25, -0.2) is 14.6 Å². The molecule has 0 spiro atoms. The first-order valence-electron chi connectivity index (χ1n) is 13.3. The number of fused-ring (bicyclic) bond motifs is 1. The summed E-state index contributed by atoms with van der Waals surface area (Å²) in [5, 5.41) is 4.80. The number of amides is 1. The molecule has 1 amide bonds. The molecule has 0 saturated carbocycles. The third kappa shape index (κ3) is 4.67. The van der Waals surface area contributed by atoms with Crippen LogP contribution in [0.3, 0.4) is 0 Å². The Morgan fingerprint density at radius 1 is 0.947 bits per heavy atom. The molecule has 8 nitrogen and oxygen atoms in total. The highest BCUT2D eigenvalue weighted by Gasteiger charge is 2.30. The lowest BCUT2D eigenvalue weighted by atomic mass is 9.97. The van der Waals surface area contributed by atoms with Gasteiger partial charge in [0.25, 0.3) is 0 Å². The molecule has 1 saturated heterocycles. The average Bonchev–Trinajstić information content (AvgIpc) is 3.54. The molecule has 0 bridgehead atoms. The minimum Gasteiger partial charge on any atom is -0.353 e. The lowest BCUT2D eigenvalue weighted by Crippen LogP contribution is -2.44. The molecular weight excluding hydrogens is 474 g/mol. The number of likely N-dealkylation sites (N-methyl/N-ethyl adjacent to an activating group) is 1. The van der Waals surface area contributed by atoms with Crippen LogP contribution in [0.4, 0.5) is 11.6 Å². The number of hydrogen-bond acceptors (Lipinski definition) is 6. The molecule has 1 fully saturated rings. The van der Waals surface area contributed by atoms with Crippen LogP contribution in [0, 0.1) is 0 Å². The summed E-state index contributed by atoms with van der Waals surface area (Å²) in [6.45, 7) is 8.90. The SMILES string of the molecule is CC(C)c1ccccc1-c1ncc2c(n1)N(Cc1ccc(-n3ccc(N4CCN(C)CC4)n3)cc1)C(=O)C2. The van der Waals surface area contributed by atoms with Gasteiger partial charge in [-0.2, -0.15) is 5.10 Å². The fourth-order valence-electron chi connectivity index (χ4n) is 5.23. The lowest BCUT2D eigenvalue weighted by Gasteiger charge is -2.32. The molecule has 2 aliphatic rings. The predicted octanol–water partition coefficient (Wildman–Crippen LogP) is 4.29. The number of anilines is 2. The second kappa shape index (κ2) is 10.0. The van der Waals surface area contributed by atoms with Crippen molar-refractivity contribution < 1.29 is 4.79 Å². The molecule has 4 heterocycles. The molecule has 0 radical (unpaired) electrons. The summed E-state index contributed by atoms with van der Waals surface area (Å²) >= 11 is 0. The van der Waals surface area contributed by atoms with Gasteiger partial charge >= 0.3 is 0 Å². The van der Waals surface area contributed by atoms with Crippen LogP contribution < -0.4 is 9.80 Å². The molecule has 2 aromatic carbocycles. The molecule has 0 N–H and O–H groups in total. The number of nitrogens with zero attached hydrogens (tertiary/aromatic N) is 7. The van der Waals surface area contributed by atoms with Crippen LogP contribution in [0.2, 0.25) is 0 Å². The smallest absolute Gasteiger partial charge is 0.233 e. The minimum absolute atomic E-state index is 0.0524. The van der Waals surface area contributed by atoms with E-state index in [9.17, 15) is 4.79 Å². The molecule has 8 heteroatoms. The Labute approximate surface area is 223 Å². The second-order valence-electron chi connectivity index (χ2n) is 10.5. The lowest BCUT2D eigenvalue weighted by molar-refractivity contribution is -0.117. The Morgan fingerprint density at radius 2 is 1.71 bits per heavy atom. The molecule has 6 rings (SSSR count). The fourth-order valence-corrected chi connectivity index (χ4v) is 5.23. The second-order valence-corrected chi connectivity index (χ2v) is 10.5. The van der Waals surface area contributed by atoms with Crippen molar-refractivity contribution in [3.05, 3.63) is 83.7 Å². The maximum Gasteiger partial charge on any atom is 0.233 e. The van der Waals surface area contributed by atoms with Crippen LogP contribution in [0.5, 0.6) is 0 Å². The Hall–Kier alpha value is -4.04. The first-order chi connectivity index (χ1) is 18.5. The van der Waals surface area contributed by atoms with E-state index >= 15 is 0 Å². The van der Waals surface area contributed by atoms with Crippen molar-refractivity contribution in [1.82, 2.24) is 24.6 Å². The molecule has 2 aromatic heterocycles. The molecule has 4 aromatic rings. The summed E-state index contributed by atoms with van der Waals surface area (Å²) in [5.41, 5.74) is 5.14. The van der Waals surface area contributed by atoms with E-state index in [0.29, 0.717) is 30.5 Å². The molecular formula is C30H33N7O. The van der Waals surface area contributed by atoms with Crippen LogP contribution in [0.1, 0.15) is 36.5 Å². The largest absolute Gasteiger partial charge is 0.353 e. The van der Waals surface area contributed by atoms with Crippen molar-refractivity contribution in [1.29, 1.82) is 0 Å². The number of benzene rings is 2. The van der Waals surface area contributed by atoms with E-state index < -0.39 is 0 Å². The van der Waals surface area contributed by atoms with Gasteiger partial charge in [-0.3, -0.25) is 9.69 Å². The van der Waals surface area contributed by atoms with Gasteiger partial charge in [0, 0.05) is 55.8 Å². The summed E-state index contributed by atoms with van der Waals surface area (Å²) in [4.78, 5) is 28.9. The van der Waals surface area contributed by atoms with E-state index in [-0.39, 0.29) is 5.91 Å².